The summed E-state index contributed by atoms with van der Waals surface area (Å²) < 4.78 is 0.898. The van der Waals surface area contributed by atoms with Crippen LogP contribution in [0.3, 0.4) is 0 Å². The maximum atomic E-state index is 11.3. The molecule has 0 amide bonds. The quantitative estimate of drug-likeness (QED) is 0.356. The molecule has 0 saturated carbocycles. The number of carbonyl (C=O) groups is 2. The van der Waals surface area contributed by atoms with E-state index in [1.165, 1.54) is 0 Å². The molecule has 0 radical (unpaired) electrons. The maximum absolute atomic E-state index is 11.3. The van der Waals surface area contributed by atoms with Crippen LogP contribution in [0.1, 0.15) is 10.6 Å². The van der Waals surface area contributed by atoms with Gasteiger partial charge in [0.05, 0.1) is 12.5 Å². The van der Waals surface area contributed by atoms with Crippen LogP contribution in [0.5, 0.6) is 0 Å². The van der Waals surface area contributed by atoms with Gasteiger partial charge in [0.15, 0.2) is 17.5 Å². The Morgan fingerprint density at radius 1 is 1.54 bits per heavy atom. The van der Waals surface area contributed by atoms with Crippen LogP contribution in [0, 0.1) is 17.2 Å². The summed E-state index contributed by atoms with van der Waals surface area (Å²) in [6.07, 6.45) is -0.0586. The SMILES string of the molecule is N#CC1C(=O)Cc2nnnn2C1=O. The summed E-state index contributed by atoms with van der Waals surface area (Å²) in [6.45, 7) is 0. The zero-order chi connectivity index (χ0) is 9.42. The Morgan fingerprint density at radius 3 is 3.00 bits per heavy atom. The lowest BCUT2D eigenvalue weighted by Crippen LogP contribution is -2.36. The Balaban J connectivity index is 2.53. The van der Waals surface area contributed by atoms with Gasteiger partial charge in [0.2, 0.25) is 0 Å². The second-order valence-corrected chi connectivity index (χ2v) is 2.55. The molecule has 0 aromatic carbocycles. The van der Waals surface area contributed by atoms with Crippen LogP contribution in [0.4, 0.5) is 0 Å². The fraction of sp³-hybridized carbons (Fsp3) is 0.333. The Hall–Kier alpha value is -2.10. The Kier molecular flexibility index (Phi) is 1.42. The van der Waals surface area contributed by atoms with E-state index >= 15 is 0 Å². The molecule has 2 rings (SSSR count). The molecule has 1 aliphatic heterocycles. The highest BCUT2D eigenvalue weighted by atomic mass is 16.2. The molecule has 1 unspecified atom stereocenters. The first-order valence-electron chi connectivity index (χ1n) is 3.48. The van der Waals surface area contributed by atoms with E-state index in [4.69, 9.17) is 5.26 Å². The fourth-order valence-electron chi connectivity index (χ4n) is 1.13. The van der Waals surface area contributed by atoms with Crippen molar-refractivity contribution in [3.05, 3.63) is 5.82 Å². The first-order valence-corrected chi connectivity index (χ1v) is 3.48. The zero-order valence-corrected chi connectivity index (χ0v) is 6.34. The van der Waals surface area contributed by atoms with Crippen molar-refractivity contribution in [2.24, 2.45) is 5.92 Å². The Bertz CT molecular complexity index is 428. The third-order valence-corrected chi connectivity index (χ3v) is 1.77. The molecule has 1 atom stereocenters. The molecule has 1 aromatic heterocycles. The molecule has 0 spiro atoms. The second-order valence-electron chi connectivity index (χ2n) is 2.55. The van der Waals surface area contributed by atoms with Gasteiger partial charge in [-0.05, 0) is 10.4 Å². The molecule has 0 saturated heterocycles. The van der Waals surface area contributed by atoms with Crippen LogP contribution in [0.15, 0.2) is 0 Å². The molecule has 0 N–H and O–H groups in total. The van der Waals surface area contributed by atoms with Crippen molar-refractivity contribution in [1.82, 2.24) is 20.2 Å². The monoisotopic (exact) mass is 177 g/mol. The average Bonchev–Trinajstić information content (AvgIpc) is 2.53. The smallest absolute Gasteiger partial charge is 0.275 e. The lowest BCUT2D eigenvalue weighted by Gasteiger charge is -2.11. The predicted octanol–water partition coefficient (Wildman–Crippen LogP) is -1.42. The van der Waals surface area contributed by atoms with Crippen molar-refractivity contribution in [1.29, 1.82) is 5.26 Å². The molecular weight excluding hydrogens is 174 g/mol. The fourth-order valence-corrected chi connectivity index (χ4v) is 1.13. The molecule has 7 heteroatoms. The van der Waals surface area contributed by atoms with Gasteiger partial charge >= 0.3 is 0 Å². The van der Waals surface area contributed by atoms with Crippen molar-refractivity contribution in [3.63, 3.8) is 0 Å². The number of tetrazole rings is 1. The standard InChI is InChI=1S/C6H3N5O2/c7-2-3-4(12)1-5-8-9-10-11(5)6(3)13/h3H,1H2. The van der Waals surface area contributed by atoms with Crippen molar-refractivity contribution in [2.45, 2.75) is 6.42 Å². The number of nitriles is 1. The number of ketones is 1. The van der Waals surface area contributed by atoms with Gasteiger partial charge in [-0.1, -0.05) is 0 Å². The first-order chi connectivity index (χ1) is 6.24. The van der Waals surface area contributed by atoms with E-state index in [1.54, 1.807) is 6.07 Å². The number of hydrogen-bond donors (Lipinski definition) is 0. The summed E-state index contributed by atoms with van der Waals surface area (Å²) in [5.41, 5.74) is 0. The van der Waals surface area contributed by atoms with Crippen molar-refractivity contribution in [3.8, 4) is 6.07 Å². The molecule has 0 bridgehead atoms. The number of rotatable bonds is 0. The van der Waals surface area contributed by atoms with E-state index < -0.39 is 17.6 Å². The molecular formula is C6H3N5O2. The van der Waals surface area contributed by atoms with E-state index in [1.807, 2.05) is 0 Å². The lowest BCUT2D eigenvalue weighted by atomic mass is 9.99. The van der Waals surface area contributed by atoms with Gasteiger partial charge < -0.3 is 0 Å². The van der Waals surface area contributed by atoms with Crippen LogP contribution in [0.25, 0.3) is 0 Å². The van der Waals surface area contributed by atoms with Crippen LogP contribution in [-0.2, 0) is 11.2 Å². The number of carbonyl (C=O) groups excluding carboxylic acids is 2. The number of Topliss-reactive ketones (excluding diaryl/α,β-unsaturated/α-hetero) is 1. The number of fused-ring (bicyclic) bond motifs is 1. The van der Waals surface area contributed by atoms with Gasteiger partial charge in [-0.15, -0.1) is 5.10 Å². The molecule has 2 heterocycles. The number of nitrogens with zero attached hydrogens (tertiary/aromatic N) is 5. The van der Waals surface area contributed by atoms with Gasteiger partial charge in [-0.2, -0.15) is 9.94 Å². The van der Waals surface area contributed by atoms with E-state index in [0.29, 0.717) is 0 Å². The summed E-state index contributed by atoms with van der Waals surface area (Å²) in [5.74, 6) is -2.17. The van der Waals surface area contributed by atoms with E-state index in [2.05, 4.69) is 15.5 Å². The first kappa shape index (κ1) is 7.54. The third kappa shape index (κ3) is 0.921. The minimum Gasteiger partial charge on any atom is -0.297 e. The molecule has 1 aliphatic rings. The topological polar surface area (TPSA) is 102 Å². The minimum absolute atomic E-state index is 0.0586. The molecule has 0 aliphatic carbocycles. The van der Waals surface area contributed by atoms with E-state index in [9.17, 15) is 9.59 Å². The van der Waals surface area contributed by atoms with E-state index in [-0.39, 0.29) is 12.2 Å². The largest absolute Gasteiger partial charge is 0.297 e. The highest BCUT2D eigenvalue weighted by Crippen LogP contribution is 2.12. The second kappa shape index (κ2) is 2.45. The van der Waals surface area contributed by atoms with Gasteiger partial charge in [-0.3, -0.25) is 9.59 Å². The molecule has 0 fully saturated rings. The van der Waals surface area contributed by atoms with E-state index in [0.717, 1.165) is 4.68 Å². The normalized spacial score (nSPS) is 21.0. The van der Waals surface area contributed by atoms with Gasteiger partial charge in [0, 0.05) is 0 Å². The molecule has 7 nitrogen and oxygen atoms in total. The Morgan fingerprint density at radius 2 is 2.31 bits per heavy atom. The highest BCUT2D eigenvalue weighted by molar-refractivity contribution is 6.07. The molecule has 13 heavy (non-hydrogen) atoms. The number of aromatic nitrogens is 4. The molecule has 1 aromatic rings. The van der Waals surface area contributed by atoms with Gasteiger partial charge in [0.25, 0.3) is 5.91 Å². The lowest BCUT2D eigenvalue weighted by molar-refractivity contribution is -0.120. The minimum atomic E-state index is -1.25. The van der Waals surface area contributed by atoms with Crippen molar-refractivity contribution >= 4 is 11.7 Å². The molecule has 64 valence electrons. The number of hydrogen-bond acceptors (Lipinski definition) is 6. The van der Waals surface area contributed by atoms with Crippen molar-refractivity contribution < 1.29 is 9.59 Å². The third-order valence-electron chi connectivity index (χ3n) is 1.77. The van der Waals surface area contributed by atoms with Gasteiger partial charge in [-0.25, -0.2) is 0 Å². The van der Waals surface area contributed by atoms with Gasteiger partial charge in [0.1, 0.15) is 0 Å². The van der Waals surface area contributed by atoms with Crippen LogP contribution in [0.2, 0.25) is 0 Å². The summed E-state index contributed by atoms with van der Waals surface area (Å²) >= 11 is 0. The van der Waals surface area contributed by atoms with Crippen molar-refractivity contribution in [2.75, 3.05) is 0 Å². The maximum Gasteiger partial charge on any atom is 0.275 e. The predicted molar refractivity (Wildman–Crippen MR) is 36.3 cm³/mol. The Labute approximate surface area is 71.9 Å². The summed E-state index contributed by atoms with van der Waals surface area (Å²) in [5, 5.41) is 18.6. The van der Waals surface area contributed by atoms with Crippen LogP contribution in [-0.4, -0.2) is 31.9 Å². The zero-order valence-electron chi connectivity index (χ0n) is 6.34. The summed E-state index contributed by atoms with van der Waals surface area (Å²) in [4.78, 5) is 22.4. The summed E-state index contributed by atoms with van der Waals surface area (Å²) in [7, 11) is 0. The van der Waals surface area contributed by atoms with Crippen LogP contribution < -0.4 is 0 Å². The average molecular weight is 177 g/mol. The van der Waals surface area contributed by atoms with Crippen LogP contribution >= 0.6 is 0 Å². The summed E-state index contributed by atoms with van der Waals surface area (Å²) in [6, 6.07) is 1.62. The highest BCUT2D eigenvalue weighted by Gasteiger charge is 2.36.